The van der Waals surface area contributed by atoms with Crippen LogP contribution in [0.5, 0.6) is 0 Å². The van der Waals surface area contributed by atoms with Crippen LogP contribution in [0.25, 0.3) is 0 Å². The standard InChI is InChI=1S/C11H23N3O2S/c1-8(2)17(15,16)14-10(11(12)13)9-6-4-3-5-7-9/h8-10,14H,3-7H2,1-2H3,(H3,12,13). The molecule has 1 unspecified atom stereocenters. The third-order valence-corrected chi connectivity index (χ3v) is 5.19. The lowest BCUT2D eigenvalue weighted by atomic mass is 9.84. The zero-order valence-electron chi connectivity index (χ0n) is 10.6. The maximum Gasteiger partial charge on any atom is 0.214 e. The summed E-state index contributed by atoms with van der Waals surface area (Å²) in [5, 5.41) is 7.07. The molecule has 17 heavy (non-hydrogen) atoms. The van der Waals surface area contributed by atoms with E-state index in [2.05, 4.69) is 4.72 Å². The van der Waals surface area contributed by atoms with E-state index in [1.54, 1.807) is 13.8 Å². The molecule has 1 atom stereocenters. The number of nitrogens with one attached hydrogen (secondary N) is 2. The van der Waals surface area contributed by atoms with Gasteiger partial charge in [-0.25, -0.2) is 13.1 Å². The molecule has 0 saturated heterocycles. The van der Waals surface area contributed by atoms with Gasteiger partial charge in [-0.2, -0.15) is 0 Å². The molecular weight excluding hydrogens is 238 g/mol. The molecule has 1 rings (SSSR count). The molecular formula is C11H23N3O2S. The van der Waals surface area contributed by atoms with Crippen LogP contribution in [0.1, 0.15) is 46.0 Å². The highest BCUT2D eigenvalue weighted by molar-refractivity contribution is 7.90. The molecule has 0 heterocycles. The fourth-order valence-electron chi connectivity index (χ4n) is 2.19. The van der Waals surface area contributed by atoms with Gasteiger partial charge in [0, 0.05) is 0 Å². The van der Waals surface area contributed by atoms with Gasteiger partial charge in [0.25, 0.3) is 0 Å². The van der Waals surface area contributed by atoms with Crippen molar-refractivity contribution in [1.82, 2.24) is 4.72 Å². The number of hydrogen-bond acceptors (Lipinski definition) is 3. The van der Waals surface area contributed by atoms with Crippen LogP contribution in [0.3, 0.4) is 0 Å². The van der Waals surface area contributed by atoms with E-state index in [-0.39, 0.29) is 11.8 Å². The molecule has 1 saturated carbocycles. The predicted octanol–water partition coefficient (Wildman–Crippen LogP) is 1.20. The van der Waals surface area contributed by atoms with Gasteiger partial charge in [0.1, 0.15) is 5.84 Å². The third kappa shape index (κ3) is 3.96. The zero-order valence-corrected chi connectivity index (χ0v) is 11.4. The SMILES string of the molecule is CC(C)S(=O)(=O)NC(C(=N)N)C1CCCCC1. The molecule has 0 spiro atoms. The molecule has 1 aliphatic carbocycles. The Morgan fingerprint density at radius 2 is 1.82 bits per heavy atom. The van der Waals surface area contributed by atoms with Crippen LogP contribution >= 0.6 is 0 Å². The Hall–Kier alpha value is -0.620. The molecule has 5 nitrogen and oxygen atoms in total. The van der Waals surface area contributed by atoms with Gasteiger partial charge in [0.05, 0.1) is 11.3 Å². The summed E-state index contributed by atoms with van der Waals surface area (Å²) in [5.74, 6) is 0.107. The molecule has 0 radical (unpaired) electrons. The first-order chi connectivity index (χ1) is 7.84. The normalized spacial score (nSPS) is 20.4. The largest absolute Gasteiger partial charge is 0.386 e. The third-order valence-electron chi connectivity index (χ3n) is 3.37. The van der Waals surface area contributed by atoms with E-state index in [0.717, 1.165) is 25.7 Å². The van der Waals surface area contributed by atoms with Gasteiger partial charge in [-0.1, -0.05) is 19.3 Å². The van der Waals surface area contributed by atoms with Crippen LogP contribution in [0.4, 0.5) is 0 Å². The van der Waals surface area contributed by atoms with Crippen molar-refractivity contribution in [3.8, 4) is 0 Å². The highest BCUT2D eigenvalue weighted by Crippen LogP contribution is 2.27. The highest BCUT2D eigenvalue weighted by atomic mass is 32.2. The minimum Gasteiger partial charge on any atom is -0.386 e. The number of amidine groups is 1. The van der Waals surface area contributed by atoms with Crippen molar-refractivity contribution in [2.75, 3.05) is 0 Å². The van der Waals surface area contributed by atoms with Gasteiger partial charge in [0.15, 0.2) is 0 Å². The lowest BCUT2D eigenvalue weighted by molar-refractivity contribution is 0.328. The van der Waals surface area contributed by atoms with Crippen molar-refractivity contribution in [2.45, 2.75) is 57.2 Å². The molecule has 4 N–H and O–H groups in total. The Kier molecular flexibility index (Phi) is 4.94. The summed E-state index contributed by atoms with van der Waals surface area (Å²) >= 11 is 0. The van der Waals surface area contributed by atoms with Crippen molar-refractivity contribution in [3.63, 3.8) is 0 Å². The van der Waals surface area contributed by atoms with Gasteiger partial charge >= 0.3 is 0 Å². The van der Waals surface area contributed by atoms with E-state index in [9.17, 15) is 8.42 Å². The van der Waals surface area contributed by atoms with E-state index in [4.69, 9.17) is 11.1 Å². The van der Waals surface area contributed by atoms with Crippen molar-refractivity contribution >= 4 is 15.9 Å². The molecule has 0 aliphatic heterocycles. The summed E-state index contributed by atoms with van der Waals surface area (Å²) in [5.41, 5.74) is 5.53. The lowest BCUT2D eigenvalue weighted by Crippen LogP contribution is -2.50. The topological polar surface area (TPSA) is 96.0 Å². The number of hydrogen-bond donors (Lipinski definition) is 3. The second-order valence-electron chi connectivity index (χ2n) is 5.04. The van der Waals surface area contributed by atoms with Crippen LogP contribution in [0, 0.1) is 11.3 Å². The Morgan fingerprint density at radius 3 is 2.24 bits per heavy atom. The molecule has 1 fully saturated rings. The predicted molar refractivity (Wildman–Crippen MR) is 69.5 cm³/mol. The second-order valence-corrected chi connectivity index (χ2v) is 7.31. The van der Waals surface area contributed by atoms with Crippen LogP contribution in [0.2, 0.25) is 0 Å². The molecule has 0 aromatic carbocycles. The Morgan fingerprint density at radius 1 is 1.29 bits per heavy atom. The Balaban J connectivity index is 2.76. The van der Waals surface area contributed by atoms with Crippen LogP contribution in [-0.2, 0) is 10.0 Å². The summed E-state index contributed by atoms with van der Waals surface area (Å²) in [6, 6.07) is -0.525. The smallest absolute Gasteiger partial charge is 0.214 e. The van der Waals surface area contributed by atoms with E-state index in [0.29, 0.717) is 0 Å². The molecule has 0 aromatic rings. The molecule has 0 aromatic heterocycles. The first kappa shape index (κ1) is 14.4. The van der Waals surface area contributed by atoms with E-state index in [1.165, 1.54) is 6.42 Å². The number of sulfonamides is 1. The van der Waals surface area contributed by atoms with Crippen LogP contribution in [-0.4, -0.2) is 25.5 Å². The first-order valence-electron chi connectivity index (χ1n) is 6.19. The minimum absolute atomic E-state index is 0.0684. The van der Waals surface area contributed by atoms with Crippen LogP contribution < -0.4 is 10.5 Å². The fraction of sp³-hybridized carbons (Fsp3) is 0.909. The summed E-state index contributed by atoms with van der Waals surface area (Å²) in [7, 11) is -3.36. The first-order valence-corrected chi connectivity index (χ1v) is 7.74. The fourth-order valence-corrected chi connectivity index (χ4v) is 3.14. The second kappa shape index (κ2) is 5.82. The van der Waals surface area contributed by atoms with E-state index in [1.807, 2.05) is 0 Å². The highest BCUT2D eigenvalue weighted by Gasteiger charge is 2.30. The average Bonchev–Trinajstić information content (AvgIpc) is 2.26. The average molecular weight is 261 g/mol. The maximum absolute atomic E-state index is 11.8. The molecule has 0 amide bonds. The quantitative estimate of drug-likeness (QED) is 0.512. The van der Waals surface area contributed by atoms with Gasteiger partial charge in [-0.15, -0.1) is 0 Å². The van der Waals surface area contributed by atoms with E-state index >= 15 is 0 Å². The number of rotatable bonds is 5. The summed E-state index contributed by atoms with van der Waals surface area (Å²) in [4.78, 5) is 0. The minimum atomic E-state index is -3.36. The van der Waals surface area contributed by atoms with E-state index < -0.39 is 21.3 Å². The van der Waals surface area contributed by atoms with Gasteiger partial charge in [-0.05, 0) is 32.6 Å². The van der Waals surface area contributed by atoms with Crippen molar-refractivity contribution in [2.24, 2.45) is 11.7 Å². The number of nitrogens with two attached hydrogens (primary N) is 1. The van der Waals surface area contributed by atoms with Gasteiger partial charge in [0.2, 0.25) is 10.0 Å². The van der Waals surface area contributed by atoms with Crippen molar-refractivity contribution < 1.29 is 8.42 Å². The summed E-state index contributed by atoms with van der Waals surface area (Å²) < 4.78 is 26.2. The van der Waals surface area contributed by atoms with Crippen molar-refractivity contribution in [1.29, 1.82) is 5.41 Å². The van der Waals surface area contributed by atoms with Gasteiger partial charge in [-0.3, -0.25) is 5.41 Å². The summed E-state index contributed by atoms with van der Waals surface area (Å²) in [6.07, 6.45) is 5.28. The van der Waals surface area contributed by atoms with Gasteiger partial charge < -0.3 is 5.73 Å². The maximum atomic E-state index is 11.8. The molecule has 6 heteroatoms. The zero-order chi connectivity index (χ0) is 13.1. The lowest BCUT2D eigenvalue weighted by Gasteiger charge is -2.30. The molecule has 1 aliphatic rings. The van der Waals surface area contributed by atoms with Crippen molar-refractivity contribution in [3.05, 3.63) is 0 Å². The Bertz CT molecular complexity index is 359. The monoisotopic (exact) mass is 261 g/mol. The van der Waals surface area contributed by atoms with Crippen LogP contribution in [0.15, 0.2) is 0 Å². The molecule has 0 bridgehead atoms. The molecule has 100 valence electrons. The Labute approximate surface area is 104 Å². The summed E-state index contributed by atoms with van der Waals surface area (Å²) in [6.45, 7) is 3.25.